The van der Waals surface area contributed by atoms with Crippen LogP contribution in [-0.4, -0.2) is 24.6 Å². The molecule has 0 aliphatic heterocycles. The fourth-order valence-electron chi connectivity index (χ4n) is 1.80. The summed E-state index contributed by atoms with van der Waals surface area (Å²) in [6, 6.07) is 0. The second kappa shape index (κ2) is 8.60. The quantitative estimate of drug-likeness (QED) is 0.626. The van der Waals surface area contributed by atoms with E-state index in [0.717, 1.165) is 24.3 Å². The molecule has 0 aliphatic rings. The van der Waals surface area contributed by atoms with E-state index in [2.05, 4.69) is 39.9 Å². The maximum atomic E-state index is 3.56. The number of hydrogen-bond acceptors (Lipinski definition) is 2. The summed E-state index contributed by atoms with van der Waals surface area (Å²) >= 11 is 2.01. The molecule has 0 fully saturated rings. The van der Waals surface area contributed by atoms with Crippen LogP contribution in [0.3, 0.4) is 0 Å². The van der Waals surface area contributed by atoms with E-state index in [9.17, 15) is 0 Å². The molecule has 0 atom stereocenters. The zero-order valence-electron chi connectivity index (χ0n) is 10.5. The number of thioether (sulfide) groups is 1. The van der Waals surface area contributed by atoms with Gasteiger partial charge in [0.2, 0.25) is 0 Å². The van der Waals surface area contributed by atoms with Gasteiger partial charge in [0.15, 0.2) is 0 Å². The summed E-state index contributed by atoms with van der Waals surface area (Å²) in [7, 11) is 0. The molecule has 0 heterocycles. The lowest BCUT2D eigenvalue weighted by atomic mass is 9.85. The van der Waals surface area contributed by atoms with Crippen molar-refractivity contribution in [2.75, 3.05) is 24.6 Å². The first-order chi connectivity index (χ1) is 6.59. The molecule has 14 heavy (non-hydrogen) atoms. The Balaban J connectivity index is 3.52. The highest BCUT2D eigenvalue weighted by molar-refractivity contribution is 7.99. The van der Waals surface area contributed by atoms with E-state index in [0.29, 0.717) is 0 Å². The second-order valence-electron chi connectivity index (χ2n) is 4.55. The molecule has 0 aromatic rings. The molecular formula is C12H27NS. The molecule has 0 bridgehead atoms. The Morgan fingerprint density at radius 1 is 1.07 bits per heavy atom. The van der Waals surface area contributed by atoms with E-state index >= 15 is 0 Å². The van der Waals surface area contributed by atoms with Crippen LogP contribution in [0.2, 0.25) is 0 Å². The smallest absolute Gasteiger partial charge is 0.00580 e. The van der Waals surface area contributed by atoms with Crippen molar-refractivity contribution in [3.63, 3.8) is 0 Å². The van der Waals surface area contributed by atoms with Crippen molar-refractivity contribution in [1.29, 1.82) is 0 Å². The summed E-state index contributed by atoms with van der Waals surface area (Å²) in [4.78, 5) is 0. The maximum Gasteiger partial charge on any atom is 0.00580 e. The lowest BCUT2D eigenvalue weighted by Gasteiger charge is -2.25. The minimum Gasteiger partial charge on any atom is -0.316 e. The molecule has 0 saturated heterocycles. The highest BCUT2D eigenvalue weighted by Crippen LogP contribution is 2.19. The van der Waals surface area contributed by atoms with Gasteiger partial charge in [-0.15, -0.1) is 0 Å². The summed E-state index contributed by atoms with van der Waals surface area (Å²) in [6.45, 7) is 13.9. The van der Waals surface area contributed by atoms with Crippen molar-refractivity contribution in [3.05, 3.63) is 0 Å². The van der Waals surface area contributed by atoms with Crippen LogP contribution in [0.15, 0.2) is 0 Å². The van der Waals surface area contributed by atoms with Gasteiger partial charge in [0.1, 0.15) is 0 Å². The molecule has 0 aromatic heterocycles. The van der Waals surface area contributed by atoms with Crippen LogP contribution in [0.1, 0.15) is 34.6 Å². The van der Waals surface area contributed by atoms with E-state index in [1.54, 1.807) is 0 Å². The predicted octanol–water partition coefficient (Wildman–Crippen LogP) is 3.26. The van der Waals surface area contributed by atoms with E-state index in [1.807, 2.05) is 11.8 Å². The van der Waals surface area contributed by atoms with E-state index in [1.165, 1.54) is 18.1 Å². The molecule has 0 radical (unpaired) electrons. The zero-order valence-corrected chi connectivity index (χ0v) is 11.3. The van der Waals surface area contributed by atoms with Crippen LogP contribution in [0.5, 0.6) is 0 Å². The first kappa shape index (κ1) is 14.3. The molecule has 0 amide bonds. The molecule has 86 valence electrons. The van der Waals surface area contributed by atoms with Crippen molar-refractivity contribution in [3.8, 4) is 0 Å². The summed E-state index contributed by atoms with van der Waals surface area (Å²) in [5.41, 5.74) is 0. The Morgan fingerprint density at radius 2 is 1.64 bits per heavy atom. The Bertz CT molecular complexity index is 115. The lowest BCUT2D eigenvalue weighted by molar-refractivity contribution is 0.278. The SMILES string of the molecule is CCSCCNCC(C(C)C)C(C)C. The van der Waals surface area contributed by atoms with E-state index in [4.69, 9.17) is 0 Å². The topological polar surface area (TPSA) is 12.0 Å². The molecule has 1 nitrogen and oxygen atoms in total. The van der Waals surface area contributed by atoms with Gasteiger partial charge in [-0.25, -0.2) is 0 Å². The summed E-state index contributed by atoms with van der Waals surface area (Å²) in [5, 5.41) is 3.56. The van der Waals surface area contributed by atoms with Crippen molar-refractivity contribution in [1.82, 2.24) is 5.32 Å². The average Bonchev–Trinajstić information content (AvgIpc) is 2.09. The van der Waals surface area contributed by atoms with E-state index in [-0.39, 0.29) is 0 Å². The lowest BCUT2D eigenvalue weighted by Crippen LogP contribution is -2.31. The minimum atomic E-state index is 0.793. The van der Waals surface area contributed by atoms with Crippen LogP contribution in [0, 0.1) is 17.8 Å². The Labute approximate surface area is 94.4 Å². The van der Waals surface area contributed by atoms with Crippen molar-refractivity contribution in [2.24, 2.45) is 17.8 Å². The molecule has 0 spiro atoms. The maximum absolute atomic E-state index is 3.56. The Morgan fingerprint density at radius 3 is 2.07 bits per heavy atom. The van der Waals surface area contributed by atoms with Crippen molar-refractivity contribution < 1.29 is 0 Å². The minimum absolute atomic E-state index is 0.793. The van der Waals surface area contributed by atoms with Crippen LogP contribution in [-0.2, 0) is 0 Å². The third-order valence-corrected chi connectivity index (χ3v) is 3.62. The summed E-state index contributed by atoms with van der Waals surface area (Å²) in [6.07, 6.45) is 0. The van der Waals surface area contributed by atoms with Crippen LogP contribution >= 0.6 is 11.8 Å². The Hall–Kier alpha value is 0.310. The van der Waals surface area contributed by atoms with Crippen LogP contribution in [0.4, 0.5) is 0 Å². The highest BCUT2D eigenvalue weighted by Gasteiger charge is 2.16. The largest absolute Gasteiger partial charge is 0.316 e. The fraction of sp³-hybridized carbons (Fsp3) is 1.00. The zero-order chi connectivity index (χ0) is 11.0. The first-order valence-electron chi connectivity index (χ1n) is 5.88. The predicted molar refractivity (Wildman–Crippen MR) is 69.0 cm³/mol. The second-order valence-corrected chi connectivity index (χ2v) is 5.95. The molecule has 1 N–H and O–H groups in total. The molecule has 2 heteroatoms. The number of hydrogen-bond donors (Lipinski definition) is 1. The molecular weight excluding hydrogens is 190 g/mol. The fourth-order valence-corrected chi connectivity index (χ4v) is 2.38. The van der Waals surface area contributed by atoms with Gasteiger partial charge in [-0.05, 0) is 30.1 Å². The third-order valence-electron chi connectivity index (χ3n) is 2.72. The monoisotopic (exact) mass is 217 g/mol. The highest BCUT2D eigenvalue weighted by atomic mass is 32.2. The van der Waals surface area contributed by atoms with Gasteiger partial charge in [0, 0.05) is 12.3 Å². The van der Waals surface area contributed by atoms with Gasteiger partial charge in [-0.1, -0.05) is 34.6 Å². The first-order valence-corrected chi connectivity index (χ1v) is 7.03. The Kier molecular flexibility index (Phi) is 8.80. The van der Waals surface area contributed by atoms with Crippen molar-refractivity contribution in [2.45, 2.75) is 34.6 Å². The van der Waals surface area contributed by atoms with Crippen LogP contribution in [0.25, 0.3) is 0 Å². The normalized spacial score (nSPS) is 12.0. The molecule has 0 aliphatic carbocycles. The number of rotatable bonds is 8. The van der Waals surface area contributed by atoms with Crippen LogP contribution < -0.4 is 5.32 Å². The average molecular weight is 217 g/mol. The summed E-state index contributed by atoms with van der Waals surface area (Å²) < 4.78 is 0. The van der Waals surface area contributed by atoms with Crippen molar-refractivity contribution >= 4 is 11.8 Å². The van der Waals surface area contributed by atoms with E-state index < -0.39 is 0 Å². The van der Waals surface area contributed by atoms with Gasteiger partial charge in [-0.3, -0.25) is 0 Å². The molecule has 0 saturated carbocycles. The van der Waals surface area contributed by atoms with Gasteiger partial charge < -0.3 is 5.32 Å². The van der Waals surface area contributed by atoms with Gasteiger partial charge >= 0.3 is 0 Å². The van der Waals surface area contributed by atoms with Gasteiger partial charge in [0.05, 0.1) is 0 Å². The standard InChI is InChI=1S/C12H27NS/c1-6-14-8-7-13-9-12(10(2)3)11(4)5/h10-13H,6-9H2,1-5H3. The molecule has 0 aromatic carbocycles. The van der Waals surface area contributed by atoms with Gasteiger partial charge in [-0.2, -0.15) is 11.8 Å². The van der Waals surface area contributed by atoms with Gasteiger partial charge in [0.25, 0.3) is 0 Å². The molecule has 0 unspecified atom stereocenters. The third kappa shape index (κ3) is 6.72. The number of nitrogens with one attached hydrogen (secondary N) is 1. The summed E-state index contributed by atoms with van der Waals surface area (Å²) in [5.74, 6) is 4.89. The molecule has 0 rings (SSSR count).